The summed E-state index contributed by atoms with van der Waals surface area (Å²) in [5.74, 6) is -0.604. The van der Waals surface area contributed by atoms with E-state index in [-0.39, 0.29) is 23.6 Å². The van der Waals surface area contributed by atoms with Crippen LogP contribution in [0.3, 0.4) is 0 Å². The monoisotopic (exact) mass is 509 g/mol. The zero-order valence-corrected chi connectivity index (χ0v) is 21.4. The molecule has 0 aliphatic carbocycles. The summed E-state index contributed by atoms with van der Waals surface area (Å²) in [6.45, 7) is 10.4. The molecular weight excluding hydrogens is 480 g/mol. The highest BCUT2D eigenvalue weighted by atomic mass is 19.1. The molecule has 5 rings (SSSR count). The van der Waals surface area contributed by atoms with E-state index in [1.54, 1.807) is 32.4 Å². The number of fused-ring (bicyclic) bond motifs is 1. The zero-order chi connectivity index (χ0) is 26.5. The van der Waals surface area contributed by atoms with Gasteiger partial charge in [-0.05, 0) is 51.5 Å². The fourth-order valence-electron chi connectivity index (χ4n) is 4.41. The first-order valence-electron chi connectivity index (χ1n) is 12.3. The Balaban J connectivity index is 1.56. The molecule has 0 N–H and O–H groups in total. The van der Waals surface area contributed by atoms with Crippen molar-refractivity contribution in [3.05, 3.63) is 54.0 Å². The lowest BCUT2D eigenvalue weighted by Crippen LogP contribution is -2.35. The highest BCUT2D eigenvalue weighted by Gasteiger charge is 2.32. The average molecular weight is 510 g/mol. The van der Waals surface area contributed by atoms with Crippen LogP contribution in [0.1, 0.15) is 58.8 Å². The van der Waals surface area contributed by atoms with E-state index < -0.39 is 17.2 Å². The smallest absolute Gasteiger partial charge is 0.410 e. The third-order valence-electron chi connectivity index (χ3n) is 6.19. The summed E-state index contributed by atoms with van der Waals surface area (Å²) < 4.78 is 37.5. The van der Waals surface area contributed by atoms with Crippen molar-refractivity contribution in [2.45, 2.75) is 58.6 Å². The lowest BCUT2D eigenvalue weighted by atomic mass is 10.1. The minimum atomic E-state index is -0.721. The highest BCUT2D eigenvalue weighted by Crippen LogP contribution is 2.35. The number of hydrogen-bond acceptors (Lipinski definition) is 6. The molecule has 1 unspecified atom stereocenters. The van der Waals surface area contributed by atoms with Crippen molar-refractivity contribution in [2.24, 2.45) is 0 Å². The van der Waals surface area contributed by atoms with Gasteiger partial charge in [-0.15, -0.1) is 10.2 Å². The van der Waals surface area contributed by atoms with Gasteiger partial charge in [0, 0.05) is 42.4 Å². The number of hydrogen-bond donors (Lipinski definition) is 0. The summed E-state index contributed by atoms with van der Waals surface area (Å²) in [6.07, 6.45) is 2.07. The summed E-state index contributed by atoms with van der Waals surface area (Å²) in [5.41, 5.74) is 1.61. The molecule has 3 aromatic heterocycles. The van der Waals surface area contributed by atoms with E-state index in [4.69, 9.17) is 14.9 Å². The molecule has 4 aromatic rings. The van der Waals surface area contributed by atoms with E-state index in [2.05, 4.69) is 10.2 Å². The van der Waals surface area contributed by atoms with Gasteiger partial charge < -0.3 is 9.64 Å². The lowest BCUT2D eigenvalue weighted by molar-refractivity contribution is 0.0288. The second-order valence-corrected chi connectivity index (χ2v) is 10.6. The molecule has 0 saturated carbocycles. The largest absolute Gasteiger partial charge is 0.444 e. The molecule has 4 heterocycles. The molecule has 0 radical (unpaired) electrons. The summed E-state index contributed by atoms with van der Waals surface area (Å²) in [5, 5.41) is 17.9. The first kappa shape index (κ1) is 24.8. The van der Waals surface area contributed by atoms with Crippen LogP contribution in [0.5, 0.6) is 0 Å². The van der Waals surface area contributed by atoms with Crippen molar-refractivity contribution in [3.8, 4) is 22.5 Å². The first-order chi connectivity index (χ1) is 17.5. The number of likely N-dealkylation sites (tertiary alicyclic amines) is 1. The molecule has 1 saturated heterocycles. The van der Waals surface area contributed by atoms with Gasteiger partial charge in [0.1, 0.15) is 22.9 Å². The van der Waals surface area contributed by atoms with E-state index in [1.165, 1.54) is 12.1 Å². The standard InChI is InChI=1S/C26H29F2N7O2/c1-15(2)24-30-29-22-9-8-21(31-35(22)24)19-14-34(32-23(19)18-7-6-16(27)12-20(18)28)17-10-11-33(13-17)25(36)37-26(3,4)5/h6-9,12,14-15,17H,10-11,13H2,1-5H3. The minimum Gasteiger partial charge on any atom is -0.444 e. The number of aromatic nitrogens is 6. The average Bonchev–Trinajstić information content (AvgIpc) is 3.55. The molecular formula is C26H29F2N7O2. The first-order valence-corrected chi connectivity index (χ1v) is 12.3. The molecule has 37 heavy (non-hydrogen) atoms. The molecule has 1 aliphatic rings. The summed E-state index contributed by atoms with van der Waals surface area (Å²) in [7, 11) is 0. The van der Waals surface area contributed by atoms with E-state index in [9.17, 15) is 13.6 Å². The summed E-state index contributed by atoms with van der Waals surface area (Å²) in [4.78, 5) is 14.2. The van der Waals surface area contributed by atoms with Gasteiger partial charge in [-0.1, -0.05) is 13.8 Å². The van der Waals surface area contributed by atoms with Crippen LogP contribution in [0.2, 0.25) is 0 Å². The van der Waals surface area contributed by atoms with Crippen molar-refractivity contribution < 1.29 is 18.3 Å². The van der Waals surface area contributed by atoms with Crippen molar-refractivity contribution in [2.75, 3.05) is 13.1 Å². The molecule has 1 aliphatic heterocycles. The topological polar surface area (TPSA) is 90.4 Å². The second-order valence-electron chi connectivity index (χ2n) is 10.6. The van der Waals surface area contributed by atoms with E-state index in [1.807, 2.05) is 34.6 Å². The third-order valence-corrected chi connectivity index (χ3v) is 6.19. The predicted molar refractivity (Wildman–Crippen MR) is 133 cm³/mol. The van der Waals surface area contributed by atoms with Gasteiger partial charge in [-0.2, -0.15) is 14.7 Å². The Labute approximate surface area is 213 Å². The van der Waals surface area contributed by atoms with Gasteiger partial charge in [0.15, 0.2) is 11.5 Å². The fraction of sp³-hybridized carbons (Fsp3) is 0.423. The summed E-state index contributed by atoms with van der Waals surface area (Å²) in [6, 6.07) is 6.85. The van der Waals surface area contributed by atoms with E-state index in [0.717, 1.165) is 6.07 Å². The quantitative estimate of drug-likeness (QED) is 0.374. The van der Waals surface area contributed by atoms with E-state index in [0.29, 0.717) is 47.9 Å². The van der Waals surface area contributed by atoms with Crippen LogP contribution in [0.25, 0.3) is 28.2 Å². The number of nitrogens with zero attached hydrogens (tertiary/aromatic N) is 7. The van der Waals surface area contributed by atoms with Gasteiger partial charge >= 0.3 is 6.09 Å². The van der Waals surface area contributed by atoms with Gasteiger partial charge in [0.25, 0.3) is 0 Å². The maximum Gasteiger partial charge on any atom is 0.410 e. The number of rotatable bonds is 4. The van der Waals surface area contributed by atoms with Gasteiger partial charge in [-0.25, -0.2) is 13.6 Å². The van der Waals surface area contributed by atoms with Crippen LogP contribution in [0.15, 0.2) is 36.5 Å². The number of carbonyl (C=O) groups is 1. The Morgan fingerprint density at radius 1 is 1.08 bits per heavy atom. The number of carbonyl (C=O) groups excluding carboxylic acids is 1. The Morgan fingerprint density at radius 2 is 1.86 bits per heavy atom. The molecule has 0 bridgehead atoms. The third kappa shape index (κ3) is 4.90. The molecule has 1 amide bonds. The fourth-order valence-corrected chi connectivity index (χ4v) is 4.41. The molecule has 11 heteroatoms. The predicted octanol–water partition coefficient (Wildman–Crippen LogP) is 5.24. The molecule has 1 atom stereocenters. The van der Waals surface area contributed by atoms with Crippen LogP contribution in [-0.2, 0) is 4.74 Å². The maximum atomic E-state index is 14.9. The molecule has 194 valence electrons. The second kappa shape index (κ2) is 9.20. The maximum absolute atomic E-state index is 14.9. The van der Waals surface area contributed by atoms with Crippen LogP contribution >= 0.6 is 0 Å². The van der Waals surface area contributed by atoms with E-state index >= 15 is 0 Å². The molecule has 1 aromatic carbocycles. The van der Waals surface area contributed by atoms with Crippen molar-refractivity contribution in [3.63, 3.8) is 0 Å². The van der Waals surface area contributed by atoms with Gasteiger partial charge in [0.2, 0.25) is 0 Å². The molecule has 1 fully saturated rings. The lowest BCUT2D eigenvalue weighted by Gasteiger charge is -2.24. The SMILES string of the molecule is CC(C)c1nnc2ccc(-c3cn(C4CCN(C(=O)OC(C)(C)C)C4)nc3-c3ccc(F)cc3F)nn12. The Kier molecular flexibility index (Phi) is 6.17. The van der Waals surface area contributed by atoms with Gasteiger partial charge in [-0.3, -0.25) is 4.68 Å². The minimum absolute atomic E-state index is 0.0896. The Bertz CT molecular complexity index is 1470. The van der Waals surface area contributed by atoms with Crippen molar-refractivity contribution in [1.82, 2.24) is 34.5 Å². The molecule has 0 spiro atoms. The Hall–Kier alpha value is -3.89. The highest BCUT2D eigenvalue weighted by molar-refractivity contribution is 5.79. The normalized spacial score (nSPS) is 16.2. The van der Waals surface area contributed by atoms with Crippen molar-refractivity contribution >= 4 is 11.7 Å². The number of ether oxygens (including phenoxy) is 1. The van der Waals surface area contributed by atoms with Crippen LogP contribution in [-0.4, -0.2) is 59.3 Å². The Morgan fingerprint density at radius 3 is 2.57 bits per heavy atom. The van der Waals surface area contributed by atoms with Crippen LogP contribution in [0.4, 0.5) is 13.6 Å². The van der Waals surface area contributed by atoms with Crippen LogP contribution in [0, 0.1) is 11.6 Å². The summed E-state index contributed by atoms with van der Waals surface area (Å²) >= 11 is 0. The number of benzene rings is 1. The van der Waals surface area contributed by atoms with Crippen molar-refractivity contribution in [1.29, 1.82) is 0 Å². The molecule has 9 nitrogen and oxygen atoms in total. The van der Waals surface area contributed by atoms with Gasteiger partial charge in [0.05, 0.1) is 11.7 Å². The van der Waals surface area contributed by atoms with Crippen LogP contribution < -0.4 is 0 Å². The zero-order valence-electron chi connectivity index (χ0n) is 21.4. The number of halogens is 2. The number of amides is 1.